The molecule has 3 amide bonds. The first-order chi connectivity index (χ1) is 13.6. The number of pyridine rings is 1. The van der Waals surface area contributed by atoms with E-state index in [0.29, 0.717) is 25.4 Å². The predicted octanol–water partition coefficient (Wildman–Crippen LogP) is 2.37. The van der Waals surface area contributed by atoms with Gasteiger partial charge in [0, 0.05) is 25.4 Å². The van der Waals surface area contributed by atoms with Gasteiger partial charge in [0.25, 0.3) is 5.91 Å². The van der Waals surface area contributed by atoms with E-state index in [4.69, 9.17) is 10.5 Å². The molecule has 1 aliphatic rings. The number of primary amides is 1. The number of ether oxygens (including phenoxy) is 1. The van der Waals surface area contributed by atoms with Crippen LogP contribution in [0, 0.1) is 0 Å². The van der Waals surface area contributed by atoms with Gasteiger partial charge in [-0.2, -0.15) is 0 Å². The SMILES string of the molecule is NC(=O)c1cc(OC2CCCN(C(=O)NCCCc3ccccc3)C2)ccn1. The van der Waals surface area contributed by atoms with Crippen molar-refractivity contribution in [2.75, 3.05) is 19.6 Å². The number of amides is 3. The molecule has 1 fully saturated rings. The van der Waals surface area contributed by atoms with Crippen molar-refractivity contribution in [2.24, 2.45) is 5.73 Å². The van der Waals surface area contributed by atoms with Crippen molar-refractivity contribution in [1.29, 1.82) is 0 Å². The summed E-state index contributed by atoms with van der Waals surface area (Å²) in [6.07, 6.45) is 4.94. The number of carbonyl (C=O) groups is 2. The van der Waals surface area contributed by atoms with E-state index in [1.807, 2.05) is 18.2 Å². The number of hydrogen-bond acceptors (Lipinski definition) is 4. The van der Waals surface area contributed by atoms with Gasteiger partial charge in [-0.1, -0.05) is 30.3 Å². The van der Waals surface area contributed by atoms with Crippen LogP contribution in [0.4, 0.5) is 4.79 Å². The maximum Gasteiger partial charge on any atom is 0.317 e. The number of carbonyl (C=O) groups excluding carboxylic acids is 2. The van der Waals surface area contributed by atoms with E-state index in [9.17, 15) is 9.59 Å². The van der Waals surface area contributed by atoms with Gasteiger partial charge in [-0.15, -0.1) is 0 Å². The Hall–Kier alpha value is -3.09. The minimum atomic E-state index is -0.592. The summed E-state index contributed by atoms with van der Waals surface area (Å²) in [5, 5.41) is 2.99. The second-order valence-electron chi connectivity index (χ2n) is 6.89. The highest BCUT2D eigenvalue weighted by atomic mass is 16.5. The fourth-order valence-electron chi connectivity index (χ4n) is 3.27. The zero-order chi connectivity index (χ0) is 19.8. The summed E-state index contributed by atoms with van der Waals surface area (Å²) >= 11 is 0. The normalized spacial score (nSPS) is 16.4. The number of aryl methyl sites for hydroxylation is 1. The molecule has 0 bridgehead atoms. The second-order valence-corrected chi connectivity index (χ2v) is 6.89. The molecule has 7 heteroatoms. The summed E-state index contributed by atoms with van der Waals surface area (Å²) in [7, 11) is 0. The highest BCUT2D eigenvalue weighted by Crippen LogP contribution is 2.19. The molecule has 3 rings (SSSR count). The van der Waals surface area contributed by atoms with Crippen LogP contribution < -0.4 is 15.8 Å². The molecular formula is C21H26N4O3. The molecule has 0 radical (unpaired) electrons. The summed E-state index contributed by atoms with van der Waals surface area (Å²) in [4.78, 5) is 29.4. The van der Waals surface area contributed by atoms with Crippen molar-refractivity contribution in [3.05, 3.63) is 59.9 Å². The number of benzene rings is 1. The van der Waals surface area contributed by atoms with Crippen LogP contribution in [0.25, 0.3) is 0 Å². The van der Waals surface area contributed by atoms with Crippen molar-refractivity contribution >= 4 is 11.9 Å². The third kappa shape index (κ3) is 5.70. The topological polar surface area (TPSA) is 97.6 Å². The van der Waals surface area contributed by atoms with Gasteiger partial charge in [0.15, 0.2) is 0 Å². The van der Waals surface area contributed by atoms with Crippen LogP contribution in [-0.4, -0.2) is 47.6 Å². The molecule has 1 aromatic heterocycles. The van der Waals surface area contributed by atoms with Crippen LogP contribution in [0.2, 0.25) is 0 Å². The molecule has 1 aromatic carbocycles. The average molecular weight is 382 g/mol. The second kappa shape index (κ2) is 9.73. The summed E-state index contributed by atoms with van der Waals surface area (Å²) in [5.41, 5.74) is 6.70. The number of nitrogens with one attached hydrogen (secondary N) is 1. The van der Waals surface area contributed by atoms with Gasteiger partial charge in [-0.3, -0.25) is 9.78 Å². The molecule has 0 aliphatic carbocycles. The Bertz CT molecular complexity index is 797. The van der Waals surface area contributed by atoms with Crippen LogP contribution in [0.3, 0.4) is 0 Å². The number of rotatable bonds is 7. The van der Waals surface area contributed by atoms with E-state index in [1.165, 1.54) is 17.8 Å². The highest BCUT2D eigenvalue weighted by molar-refractivity contribution is 5.91. The monoisotopic (exact) mass is 382 g/mol. The Balaban J connectivity index is 1.44. The van der Waals surface area contributed by atoms with Gasteiger partial charge < -0.3 is 20.7 Å². The van der Waals surface area contributed by atoms with Crippen molar-refractivity contribution in [3.63, 3.8) is 0 Å². The molecule has 1 unspecified atom stereocenters. The molecule has 1 saturated heterocycles. The molecular weight excluding hydrogens is 356 g/mol. The lowest BCUT2D eigenvalue weighted by molar-refractivity contribution is 0.0981. The number of hydrogen-bond donors (Lipinski definition) is 2. The first-order valence-electron chi connectivity index (χ1n) is 9.61. The van der Waals surface area contributed by atoms with Crippen LogP contribution in [0.1, 0.15) is 35.3 Å². The fraction of sp³-hybridized carbons (Fsp3) is 0.381. The molecule has 1 aliphatic heterocycles. The molecule has 1 atom stereocenters. The smallest absolute Gasteiger partial charge is 0.317 e. The van der Waals surface area contributed by atoms with Crippen LogP contribution >= 0.6 is 0 Å². The Morgan fingerprint density at radius 3 is 2.86 bits per heavy atom. The largest absolute Gasteiger partial charge is 0.488 e. The zero-order valence-electron chi connectivity index (χ0n) is 15.8. The summed E-state index contributed by atoms with van der Waals surface area (Å²) < 4.78 is 5.94. The highest BCUT2D eigenvalue weighted by Gasteiger charge is 2.25. The van der Waals surface area contributed by atoms with E-state index in [0.717, 1.165) is 25.7 Å². The van der Waals surface area contributed by atoms with Crippen molar-refractivity contribution in [2.45, 2.75) is 31.8 Å². The lowest BCUT2D eigenvalue weighted by atomic mass is 10.1. The number of nitrogens with two attached hydrogens (primary N) is 1. The van der Waals surface area contributed by atoms with Crippen molar-refractivity contribution in [3.8, 4) is 5.75 Å². The first-order valence-corrected chi connectivity index (χ1v) is 9.61. The van der Waals surface area contributed by atoms with Gasteiger partial charge in [0.2, 0.25) is 0 Å². The van der Waals surface area contributed by atoms with Gasteiger partial charge in [-0.25, -0.2) is 4.79 Å². The average Bonchev–Trinajstić information content (AvgIpc) is 2.72. The van der Waals surface area contributed by atoms with Crippen molar-refractivity contribution < 1.29 is 14.3 Å². The Kier molecular flexibility index (Phi) is 6.84. The Morgan fingerprint density at radius 1 is 1.25 bits per heavy atom. The molecule has 28 heavy (non-hydrogen) atoms. The van der Waals surface area contributed by atoms with E-state index in [-0.39, 0.29) is 17.8 Å². The molecule has 0 saturated carbocycles. The third-order valence-corrected chi connectivity index (χ3v) is 4.71. The predicted molar refractivity (Wildman–Crippen MR) is 106 cm³/mol. The van der Waals surface area contributed by atoms with Crippen LogP contribution in [0.5, 0.6) is 5.75 Å². The lowest BCUT2D eigenvalue weighted by Gasteiger charge is -2.33. The zero-order valence-corrected chi connectivity index (χ0v) is 15.8. The number of likely N-dealkylation sites (tertiary alicyclic amines) is 1. The standard InChI is InChI=1S/C21H26N4O3/c22-20(26)19-14-17(10-12-23-19)28-18-9-5-13-25(15-18)21(27)24-11-4-8-16-6-2-1-3-7-16/h1-3,6-7,10,12,14,18H,4-5,8-9,11,13,15H2,(H2,22,26)(H,24,27). The van der Waals surface area contributed by atoms with E-state index >= 15 is 0 Å². The minimum absolute atomic E-state index is 0.0612. The van der Waals surface area contributed by atoms with Gasteiger partial charge in [0.1, 0.15) is 17.5 Å². The first kappa shape index (κ1) is 19.7. The van der Waals surface area contributed by atoms with E-state index in [1.54, 1.807) is 11.0 Å². The number of nitrogens with zero attached hydrogens (tertiary/aromatic N) is 2. The van der Waals surface area contributed by atoms with E-state index < -0.39 is 5.91 Å². The number of aromatic nitrogens is 1. The van der Waals surface area contributed by atoms with Crippen LogP contribution in [-0.2, 0) is 6.42 Å². The fourth-order valence-corrected chi connectivity index (χ4v) is 3.27. The molecule has 2 heterocycles. The van der Waals surface area contributed by atoms with Gasteiger partial charge in [-0.05, 0) is 37.3 Å². The number of piperidine rings is 1. The minimum Gasteiger partial charge on any atom is -0.488 e. The summed E-state index contributed by atoms with van der Waals surface area (Å²) in [5.74, 6) is -0.0514. The van der Waals surface area contributed by atoms with Gasteiger partial charge in [0.05, 0.1) is 6.54 Å². The van der Waals surface area contributed by atoms with Crippen molar-refractivity contribution in [1.82, 2.24) is 15.2 Å². The Morgan fingerprint density at radius 2 is 2.07 bits per heavy atom. The quantitative estimate of drug-likeness (QED) is 0.719. The summed E-state index contributed by atoms with van der Waals surface area (Å²) in [6.45, 7) is 1.87. The maximum atomic E-state index is 12.4. The number of urea groups is 1. The molecule has 148 valence electrons. The van der Waals surface area contributed by atoms with E-state index in [2.05, 4.69) is 22.4 Å². The maximum absolute atomic E-state index is 12.4. The Labute approximate surface area is 164 Å². The summed E-state index contributed by atoms with van der Waals surface area (Å²) in [6, 6.07) is 13.4. The van der Waals surface area contributed by atoms with Crippen LogP contribution in [0.15, 0.2) is 48.7 Å². The molecule has 0 spiro atoms. The third-order valence-electron chi connectivity index (χ3n) is 4.71. The molecule has 2 aromatic rings. The molecule has 7 nitrogen and oxygen atoms in total. The lowest BCUT2D eigenvalue weighted by Crippen LogP contribution is -2.48. The molecule has 3 N–H and O–H groups in total. The van der Waals surface area contributed by atoms with Gasteiger partial charge >= 0.3 is 6.03 Å².